The fourth-order valence-corrected chi connectivity index (χ4v) is 2.93. The molecule has 3 rings (SSSR count). The van der Waals surface area contributed by atoms with Gasteiger partial charge in [-0.3, -0.25) is 14.8 Å². The fraction of sp³-hybridized carbons (Fsp3) is 0.353. The molecule has 1 atom stereocenters. The summed E-state index contributed by atoms with van der Waals surface area (Å²) in [5, 5.41) is 0. The lowest BCUT2D eigenvalue weighted by Crippen LogP contribution is -2.39. The van der Waals surface area contributed by atoms with Gasteiger partial charge in [-0.2, -0.15) is 0 Å². The molecule has 1 aliphatic rings. The average Bonchev–Trinajstić information content (AvgIpc) is 2.55. The Morgan fingerprint density at radius 1 is 1.24 bits per heavy atom. The minimum atomic E-state index is 0.105. The van der Waals surface area contributed by atoms with Crippen LogP contribution < -0.4 is 0 Å². The van der Waals surface area contributed by atoms with Crippen LogP contribution in [0.4, 0.5) is 0 Å². The molecule has 4 heteroatoms. The maximum Gasteiger partial charge on any atom is 0.253 e. The third kappa shape index (κ3) is 3.10. The van der Waals surface area contributed by atoms with Crippen molar-refractivity contribution in [1.82, 2.24) is 14.9 Å². The van der Waals surface area contributed by atoms with Gasteiger partial charge in [-0.1, -0.05) is 0 Å². The minimum Gasteiger partial charge on any atom is -0.338 e. The molecule has 2 aromatic heterocycles. The van der Waals surface area contributed by atoms with Gasteiger partial charge in [-0.05, 0) is 49.6 Å². The molecule has 1 aliphatic heterocycles. The molecular weight excluding hydrogens is 262 g/mol. The van der Waals surface area contributed by atoms with Crippen LogP contribution in [0.1, 0.15) is 40.4 Å². The molecule has 0 saturated carbocycles. The van der Waals surface area contributed by atoms with E-state index in [1.807, 2.05) is 18.0 Å². The van der Waals surface area contributed by atoms with E-state index in [9.17, 15) is 4.79 Å². The summed E-state index contributed by atoms with van der Waals surface area (Å²) < 4.78 is 0. The molecule has 1 saturated heterocycles. The zero-order chi connectivity index (χ0) is 14.7. The van der Waals surface area contributed by atoms with Crippen molar-refractivity contribution in [1.29, 1.82) is 0 Å². The predicted molar refractivity (Wildman–Crippen MR) is 81.1 cm³/mol. The van der Waals surface area contributed by atoms with Crippen LogP contribution in [0, 0.1) is 6.92 Å². The van der Waals surface area contributed by atoms with Crippen LogP contribution in [0.5, 0.6) is 0 Å². The van der Waals surface area contributed by atoms with E-state index in [0.717, 1.165) is 37.2 Å². The van der Waals surface area contributed by atoms with E-state index in [1.54, 1.807) is 24.5 Å². The van der Waals surface area contributed by atoms with E-state index in [2.05, 4.69) is 22.1 Å². The number of likely N-dealkylation sites (tertiary alicyclic amines) is 1. The molecule has 0 aliphatic carbocycles. The van der Waals surface area contributed by atoms with Crippen molar-refractivity contribution in [2.24, 2.45) is 0 Å². The number of hydrogen-bond acceptors (Lipinski definition) is 3. The first kappa shape index (κ1) is 13.7. The normalized spacial score (nSPS) is 18.5. The first-order valence-corrected chi connectivity index (χ1v) is 7.36. The zero-order valence-electron chi connectivity index (χ0n) is 12.2. The monoisotopic (exact) mass is 281 g/mol. The highest BCUT2D eigenvalue weighted by atomic mass is 16.2. The number of hydrogen-bond donors (Lipinski definition) is 0. The van der Waals surface area contributed by atoms with Crippen LogP contribution in [-0.4, -0.2) is 33.9 Å². The Morgan fingerprint density at radius 2 is 2.05 bits per heavy atom. The molecule has 1 amide bonds. The smallest absolute Gasteiger partial charge is 0.253 e. The lowest BCUT2D eigenvalue weighted by Gasteiger charge is -2.33. The summed E-state index contributed by atoms with van der Waals surface area (Å²) in [7, 11) is 0. The number of amides is 1. The Bertz CT molecular complexity index is 627. The van der Waals surface area contributed by atoms with Crippen molar-refractivity contribution in [3.63, 3.8) is 0 Å². The molecule has 0 radical (unpaired) electrons. The lowest BCUT2D eigenvalue weighted by molar-refractivity contribution is 0.0707. The fourth-order valence-electron chi connectivity index (χ4n) is 2.93. The van der Waals surface area contributed by atoms with E-state index < -0.39 is 0 Å². The van der Waals surface area contributed by atoms with Crippen LogP contribution in [-0.2, 0) is 0 Å². The second-order valence-corrected chi connectivity index (χ2v) is 5.56. The Balaban J connectivity index is 1.75. The van der Waals surface area contributed by atoms with Gasteiger partial charge in [0.1, 0.15) is 0 Å². The molecule has 4 nitrogen and oxygen atoms in total. The highest BCUT2D eigenvalue weighted by Crippen LogP contribution is 2.27. The second-order valence-electron chi connectivity index (χ2n) is 5.56. The summed E-state index contributed by atoms with van der Waals surface area (Å²) in [6.07, 6.45) is 7.36. The first-order valence-electron chi connectivity index (χ1n) is 7.36. The van der Waals surface area contributed by atoms with Crippen molar-refractivity contribution >= 4 is 5.91 Å². The van der Waals surface area contributed by atoms with Gasteiger partial charge in [0.2, 0.25) is 0 Å². The highest BCUT2D eigenvalue weighted by molar-refractivity contribution is 5.94. The van der Waals surface area contributed by atoms with Crippen LogP contribution in [0.15, 0.2) is 42.9 Å². The van der Waals surface area contributed by atoms with Crippen molar-refractivity contribution in [3.05, 3.63) is 59.7 Å². The summed E-state index contributed by atoms with van der Waals surface area (Å²) in [6, 6.07) is 7.76. The Morgan fingerprint density at radius 3 is 2.81 bits per heavy atom. The lowest BCUT2D eigenvalue weighted by atomic mass is 9.90. The number of nitrogens with zero attached hydrogens (tertiary/aromatic N) is 3. The molecule has 1 fully saturated rings. The summed E-state index contributed by atoms with van der Waals surface area (Å²) in [6.45, 7) is 3.62. The number of carbonyl (C=O) groups is 1. The Kier molecular flexibility index (Phi) is 3.95. The number of aromatic nitrogens is 2. The third-order valence-electron chi connectivity index (χ3n) is 4.03. The van der Waals surface area contributed by atoms with E-state index in [-0.39, 0.29) is 5.91 Å². The summed E-state index contributed by atoms with van der Waals surface area (Å²) >= 11 is 0. The van der Waals surface area contributed by atoms with Gasteiger partial charge in [0.25, 0.3) is 5.91 Å². The molecule has 108 valence electrons. The van der Waals surface area contributed by atoms with E-state index in [4.69, 9.17) is 0 Å². The number of carbonyl (C=O) groups excluding carboxylic acids is 1. The standard InChI is InChI=1S/C17H19N3O/c1-13-11-15(6-9-19-13)16-3-2-10-20(12-16)17(21)14-4-7-18-8-5-14/h4-9,11,16H,2-3,10,12H2,1H3/t16-/m1/s1. The average molecular weight is 281 g/mol. The van der Waals surface area contributed by atoms with Gasteiger partial charge >= 0.3 is 0 Å². The number of rotatable bonds is 2. The molecule has 3 heterocycles. The van der Waals surface area contributed by atoms with Gasteiger partial charge in [0.05, 0.1) is 0 Å². The molecule has 0 spiro atoms. The summed E-state index contributed by atoms with van der Waals surface area (Å²) in [4.78, 5) is 22.7. The third-order valence-corrected chi connectivity index (χ3v) is 4.03. The van der Waals surface area contributed by atoms with Gasteiger partial charge in [0, 0.05) is 48.9 Å². The largest absolute Gasteiger partial charge is 0.338 e. The molecule has 0 aromatic carbocycles. The van der Waals surface area contributed by atoms with Gasteiger partial charge in [-0.25, -0.2) is 0 Å². The maximum absolute atomic E-state index is 12.5. The van der Waals surface area contributed by atoms with Crippen molar-refractivity contribution in [2.45, 2.75) is 25.7 Å². The molecule has 0 bridgehead atoms. The predicted octanol–water partition coefficient (Wildman–Crippen LogP) is 2.80. The Hall–Kier alpha value is -2.23. The number of aryl methyl sites for hydroxylation is 1. The number of pyridine rings is 2. The number of piperidine rings is 1. The van der Waals surface area contributed by atoms with Gasteiger partial charge in [0.15, 0.2) is 0 Å². The molecule has 0 unspecified atom stereocenters. The molecule has 2 aromatic rings. The molecule has 0 N–H and O–H groups in total. The van der Waals surface area contributed by atoms with Crippen molar-refractivity contribution in [2.75, 3.05) is 13.1 Å². The summed E-state index contributed by atoms with van der Waals surface area (Å²) in [5.41, 5.74) is 3.04. The summed E-state index contributed by atoms with van der Waals surface area (Å²) in [5.74, 6) is 0.513. The van der Waals surface area contributed by atoms with E-state index in [1.165, 1.54) is 5.56 Å². The van der Waals surface area contributed by atoms with Gasteiger partial charge < -0.3 is 4.90 Å². The maximum atomic E-state index is 12.5. The molecule has 21 heavy (non-hydrogen) atoms. The zero-order valence-corrected chi connectivity index (χ0v) is 12.2. The van der Waals surface area contributed by atoms with Crippen LogP contribution in [0.3, 0.4) is 0 Å². The highest BCUT2D eigenvalue weighted by Gasteiger charge is 2.25. The second kappa shape index (κ2) is 6.04. The quantitative estimate of drug-likeness (QED) is 0.850. The molecular formula is C17H19N3O. The van der Waals surface area contributed by atoms with Gasteiger partial charge in [-0.15, -0.1) is 0 Å². The minimum absolute atomic E-state index is 0.105. The van der Waals surface area contributed by atoms with Crippen molar-refractivity contribution in [3.8, 4) is 0 Å². The first-order chi connectivity index (χ1) is 10.2. The Labute approximate surface area is 124 Å². The topological polar surface area (TPSA) is 46.1 Å². The van der Waals surface area contributed by atoms with Crippen molar-refractivity contribution < 1.29 is 4.79 Å². The van der Waals surface area contributed by atoms with Crippen LogP contribution in [0.2, 0.25) is 0 Å². The van der Waals surface area contributed by atoms with E-state index >= 15 is 0 Å². The van der Waals surface area contributed by atoms with Crippen LogP contribution >= 0.6 is 0 Å². The van der Waals surface area contributed by atoms with E-state index in [0.29, 0.717) is 5.92 Å². The van der Waals surface area contributed by atoms with Crippen LogP contribution in [0.25, 0.3) is 0 Å². The SMILES string of the molecule is Cc1cc([C@@H]2CCCN(C(=O)c3ccncc3)C2)ccn1.